The topological polar surface area (TPSA) is 80.1 Å². The maximum absolute atomic E-state index is 13.3. The Labute approximate surface area is 149 Å². The number of fused-ring (bicyclic) bond motifs is 1. The molecule has 8 heteroatoms. The van der Waals surface area contributed by atoms with E-state index >= 15 is 0 Å². The van der Waals surface area contributed by atoms with Crippen LogP contribution in [0.15, 0.2) is 15.4 Å². The van der Waals surface area contributed by atoms with E-state index in [1.807, 2.05) is 13.8 Å². The first-order chi connectivity index (χ1) is 11.9. The van der Waals surface area contributed by atoms with Crippen molar-refractivity contribution in [2.24, 2.45) is 0 Å². The molecule has 2 fully saturated rings. The molecule has 0 amide bonds. The molecule has 1 aromatic rings. The third-order valence-corrected chi connectivity index (χ3v) is 7.24. The molecule has 0 aromatic carbocycles. The van der Waals surface area contributed by atoms with Gasteiger partial charge in [0.1, 0.15) is 10.7 Å². The third-order valence-electron chi connectivity index (χ3n) is 5.28. The second-order valence-electron chi connectivity index (χ2n) is 6.67. The van der Waals surface area contributed by atoms with Crippen LogP contribution in [0.25, 0.3) is 0 Å². The summed E-state index contributed by atoms with van der Waals surface area (Å²) in [6.07, 6.45) is 3.30. The predicted molar refractivity (Wildman–Crippen MR) is 92.0 cm³/mol. The van der Waals surface area contributed by atoms with Gasteiger partial charge in [-0.2, -0.15) is 4.31 Å². The summed E-state index contributed by atoms with van der Waals surface area (Å²) in [5.41, 5.74) is 0. The molecular formula is C17H26N2O5S. The van der Waals surface area contributed by atoms with Gasteiger partial charge in [0.2, 0.25) is 15.8 Å². The fraction of sp³-hybridized carbons (Fsp3) is 0.706. The summed E-state index contributed by atoms with van der Waals surface area (Å²) in [7, 11) is -2.47. The summed E-state index contributed by atoms with van der Waals surface area (Å²) in [6.45, 7) is 6.14. The van der Waals surface area contributed by atoms with Gasteiger partial charge in [0, 0.05) is 37.7 Å². The van der Waals surface area contributed by atoms with Gasteiger partial charge in [0.25, 0.3) is 0 Å². The largest absolute Gasteiger partial charge is 0.463 e. The zero-order valence-electron chi connectivity index (χ0n) is 15.0. The van der Waals surface area contributed by atoms with Crippen molar-refractivity contribution in [1.82, 2.24) is 9.21 Å². The molecule has 0 bridgehead atoms. The van der Waals surface area contributed by atoms with E-state index in [-0.39, 0.29) is 22.7 Å². The fourth-order valence-electron chi connectivity index (χ4n) is 3.89. The Morgan fingerprint density at radius 3 is 2.76 bits per heavy atom. The zero-order chi connectivity index (χ0) is 18.2. The highest BCUT2D eigenvalue weighted by atomic mass is 32.2. The smallest absolute Gasteiger partial charge is 0.373 e. The van der Waals surface area contributed by atoms with E-state index in [0.717, 1.165) is 32.4 Å². The number of sulfonamides is 1. The maximum atomic E-state index is 13.3. The molecule has 0 aliphatic carbocycles. The van der Waals surface area contributed by atoms with Crippen molar-refractivity contribution in [3.63, 3.8) is 0 Å². The zero-order valence-corrected chi connectivity index (χ0v) is 15.8. The molecular weight excluding hydrogens is 344 g/mol. The number of ether oxygens (including phenoxy) is 1. The van der Waals surface area contributed by atoms with Crippen LogP contribution >= 0.6 is 0 Å². The van der Waals surface area contributed by atoms with Crippen LogP contribution in [0, 0.1) is 0 Å². The lowest BCUT2D eigenvalue weighted by Gasteiger charge is -2.42. The summed E-state index contributed by atoms with van der Waals surface area (Å²) in [5, 5.41) is 0. The lowest BCUT2D eigenvalue weighted by molar-refractivity contribution is 0.0563. The molecule has 0 unspecified atom stereocenters. The minimum Gasteiger partial charge on any atom is -0.463 e. The molecule has 3 rings (SSSR count). The van der Waals surface area contributed by atoms with Crippen LogP contribution in [0.1, 0.15) is 49.4 Å². The van der Waals surface area contributed by atoms with Crippen LogP contribution < -0.4 is 0 Å². The van der Waals surface area contributed by atoms with E-state index in [0.29, 0.717) is 18.7 Å². The molecule has 0 radical (unpaired) electrons. The Kier molecular flexibility index (Phi) is 5.22. The number of carbonyl (C=O) groups is 1. The molecule has 2 aliphatic rings. The highest BCUT2D eigenvalue weighted by Crippen LogP contribution is 2.32. The molecule has 140 valence electrons. The van der Waals surface area contributed by atoms with E-state index in [2.05, 4.69) is 9.64 Å². The van der Waals surface area contributed by atoms with Crippen LogP contribution in [0.4, 0.5) is 0 Å². The summed E-state index contributed by atoms with van der Waals surface area (Å²) in [6, 6.07) is 1.54. The average Bonchev–Trinajstić information content (AvgIpc) is 3.25. The van der Waals surface area contributed by atoms with Gasteiger partial charge in [-0.05, 0) is 25.8 Å². The first kappa shape index (κ1) is 18.4. The van der Waals surface area contributed by atoms with Crippen LogP contribution in [-0.4, -0.2) is 62.4 Å². The van der Waals surface area contributed by atoms with Gasteiger partial charge >= 0.3 is 5.97 Å². The molecule has 0 N–H and O–H groups in total. The number of esters is 1. The Hall–Kier alpha value is -1.38. The van der Waals surface area contributed by atoms with Crippen molar-refractivity contribution in [2.75, 3.05) is 26.7 Å². The molecule has 0 saturated carbocycles. The molecule has 3 heterocycles. The Morgan fingerprint density at radius 2 is 2.12 bits per heavy atom. The summed E-state index contributed by atoms with van der Waals surface area (Å²) in [4.78, 5) is 14.2. The Balaban J connectivity index is 1.97. The molecule has 0 spiro atoms. The van der Waals surface area contributed by atoms with Gasteiger partial charge < -0.3 is 9.15 Å². The average molecular weight is 370 g/mol. The van der Waals surface area contributed by atoms with Crippen molar-refractivity contribution in [2.45, 2.75) is 56.5 Å². The monoisotopic (exact) mass is 370 g/mol. The first-order valence-electron chi connectivity index (χ1n) is 8.89. The number of hydrogen-bond acceptors (Lipinski definition) is 6. The Bertz CT molecular complexity index is 742. The van der Waals surface area contributed by atoms with Gasteiger partial charge in [0.05, 0.1) is 7.11 Å². The van der Waals surface area contributed by atoms with Crippen LogP contribution in [-0.2, 0) is 21.2 Å². The lowest BCUT2D eigenvalue weighted by Crippen LogP contribution is -2.57. The summed E-state index contributed by atoms with van der Waals surface area (Å²) < 4.78 is 38.4. The quantitative estimate of drug-likeness (QED) is 0.736. The van der Waals surface area contributed by atoms with Crippen molar-refractivity contribution >= 4 is 16.0 Å². The Morgan fingerprint density at radius 1 is 1.36 bits per heavy atom. The third kappa shape index (κ3) is 3.22. The van der Waals surface area contributed by atoms with Crippen molar-refractivity contribution in [3.8, 4) is 0 Å². The van der Waals surface area contributed by atoms with Crippen LogP contribution in [0.2, 0.25) is 0 Å². The van der Waals surface area contributed by atoms with E-state index in [1.165, 1.54) is 13.2 Å². The van der Waals surface area contributed by atoms with Crippen molar-refractivity contribution < 1.29 is 22.4 Å². The number of rotatable bonds is 5. The maximum Gasteiger partial charge on any atom is 0.373 e. The summed E-state index contributed by atoms with van der Waals surface area (Å²) >= 11 is 0. The number of nitrogens with zero attached hydrogens (tertiary/aromatic N) is 2. The van der Waals surface area contributed by atoms with Crippen molar-refractivity contribution in [1.29, 1.82) is 0 Å². The van der Waals surface area contributed by atoms with E-state index in [1.54, 1.807) is 4.31 Å². The van der Waals surface area contributed by atoms with Gasteiger partial charge in [0.15, 0.2) is 0 Å². The van der Waals surface area contributed by atoms with Gasteiger partial charge in [-0.3, -0.25) is 4.90 Å². The SMILES string of the molecule is CCc1oc(C(=O)OC)cc1S(=O)(=O)N1C[C@H]2CCCN2C[C@H]1CC. The minimum atomic E-state index is -3.72. The molecule has 2 atom stereocenters. The number of aryl methyl sites for hydroxylation is 1. The fourth-order valence-corrected chi connectivity index (χ4v) is 5.85. The molecule has 2 saturated heterocycles. The van der Waals surface area contributed by atoms with Gasteiger partial charge in [-0.15, -0.1) is 0 Å². The number of hydrogen-bond donors (Lipinski definition) is 0. The van der Waals surface area contributed by atoms with E-state index < -0.39 is 16.0 Å². The molecule has 7 nitrogen and oxygen atoms in total. The van der Waals surface area contributed by atoms with E-state index in [4.69, 9.17) is 4.42 Å². The van der Waals surface area contributed by atoms with Crippen LogP contribution in [0.5, 0.6) is 0 Å². The number of piperazine rings is 1. The highest BCUT2D eigenvalue weighted by molar-refractivity contribution is 7.89. The number of methoxy groups -OCH3 is 1. The predicted octanol–water partition coefficient (Wildman–Crippen LogP) is 1.88. The lowest BCUT2D eigenvalue weighted by atomic mass is 10.1. The highest BCUT2D eigenvalue weighted by Gasteiger charge is 2.42. The standard InChI is InChI=1S/C17H26N2O5S/c1-4-12-10-18-8-6-7-13(18)11-19(12)25(21,22)16-9-15(17(20)23-3)24-14(16)5-2/h9,12-13H,4-8,10-11H2,1-3H3/t12-,13-/m1/s1. The van der Waals surface area contributed by atoms with Gasteiger partial charge in [-0.1, -0.05) is 13.8 Å². The second kappa shape index (κ2) is 7.09. The number of furan rings is 1. The van der Waals surface area contributed by atoms with E-state index in [9.17, 15) is 13.2 Å². The molecule has 2 aliphatic heterocycles. The van der Waals surface area contributed by atoms with Gasteiger partial charge in [-0.25, -0.2) is 13.2 Å². The second-order valence-corrected chi connectivity index (χ2v) is 8.53. The van der Waals surface area contributed by atoms with Crippen LogP contribution in [0.3, 0.4) is 0 Å². The minimum absolute atomic E-state index is 0.0551. The molecule has 25 heavy (non-hydrogen) atoms. The normalized spacial score (nSPS) is 25.1. The number of carbonyl (C=O) groups excluding carboxylic acids is 1. The summed E-state index contributed by atoms with van der Waals surface area (Å²) in [5.74, 6) is -0.418. The molecule has 1 aromatic heterocycles. The first-order valence-corrected chi connectivity index (χ1v) is 10.3. The van der Waals surface area contributed by atoms with Crippen molar-refractivity contribution in [3.05, 3.63) is 17.6 Å².